The number of nitrogen functional groups attached to an aromatic ring is 2. The third kappa shape index (κ3) is 3.48. The highest BCUT2D eigenvalue weighted by molar-refractivity contribution is 7.97. The number of nitrogens with zero attached hydrogens (tertiary/aromatic N) is 3. The topological polar surface area (TPSA) is 90.7 Å². The predicted molar refractivity (Wildman–Crippen MR) is 75.1 cm³/mol. The molecular weight excluding hydrogens is 270 g/mol. The average Bonchev–Trinajstić information content (AvgIpc) is 2.30. The van der Waals surface area contributed by atoms with E-state index in [4.69, 9.17) is 23.1 Å². The molecule has 1 heterocycles. The van der Waals surface area contributed by atoms with Crippen LogP contribution in [0.2, 0.25) is 5.02 Å². The molecule has 0 aliphatic rings. The van der Waals surface area contributed by atoms with E-state index in [1.165, 1.54) is 0 Å². The van der Waals surface area contributed by atoms with Crippen molar-refractivity contribution >= 4 is 35.3 Å². The van der Waals surface area contributed by atoms with Crippen LogP contribution in [-0.4, -0.2) is 15.0 Å². The summed E-state index contributed by atoms with van der Waals surface area (Å²) >= 11 is 7.70. The zero-order valence-corrected chi connectivity index (χ0v) is 11.1. The Labute approximate surface area is 114 Å². The first-order valence-electron chi connectivity index (χ1n) is 5.22. The molecule has 4 N–H and O–H groups in total. The maximum absolute atomic E-state index is 6.06. The highest BCUT2D eigenvalue weighted by Crippen LogP contribution is 2.22. The van der Waals surface area contributed by atoms with Crippen LogP contribution in [-0.2, 0) is 11.5 Å². The van der Waals surface area contributed by atoms with Crippen molar-refractivity contribution in [2.75, 3.05) is 11.5 Å². The van der Waals surface area contributed by atoms with Crippen LogP contribution in [0.5, 0.6) is 0 Å². The molecule has 0 aliphatic carbocycles. The lowest BCUT2D eigenvalue weighted by atomic mass is 10.2. The molecule has 0 aliphatic heterocycles. The number of aromatic nitrogens is 3. The van der Waals surface area contributed by atoms with Crippen LogP contribution < -0.4 is 11.5 Å². The first kappa shape index (κ1) is 12.9. The Morgan fingerprint density at radius 1 is 1.00 bits per heavy atom. The van der Waals surface area contributed by atoms with E-state index in [9.17, 15) is 0 Å². The Morgan fingerprint density at radius 2 is 1.67 bits per heavy atom. The third-order valence-corrected chi connectivity index (χ3v) is 3.51. The number of benzene rings is 1. The first-order valence-corrected chi connectivity index (χ1v) is 6.75. The Kier molecular flexibility index (Phi) is 4.22. The summed E-state index contributed by atoms with van der Waals surface area (Å²) in [5.74, 6) is 2.27. The second-order valence-corrected chi connectivity index (χ2v) is 4.95. The van der Waals surface area contributed by atoms with Crippen LogP contribution in [0.1, 0.15) is 11.4 Å². The van der Waals surface area contributed by atoms with Gasteiger partial charge in [0.1, 0.15) is 5.82 Å². The van der Waals surface area contributed by atoms with Gasteiger partial charge in [-0.15, -0.1) is 11.8 Å². The van der Waals surface area contributed by atoms with Crippen LogP contribution in [0.3, 0.4) is 0 Å². The molecule has 0 fully saturated rings. The molecule has 0 atom stereocenters. The number of nitrogens with two attached hydrogens (primary N) is 2. The fraction of sp³-hybridized carbons (Fsp3) is 0.182. The quantitative estimate of drug-likeness (QED) is 0.892. The number of thioether (sulfide) groups is 1. The van der Waals surface area contributed by atoms with Crippen molar-refractivity contribution < 1.29 is 0 Å². The van der Waals surface area contributed by atoms with Crippen LogP contribution in [0.15, 0.2) is 24.3 Å². The average molecular weight is 282 g/mol. The lowest BCUT2D eigenvalue weighted by molar-refractivity contribution is 0.987. The Morgan fingerprint density at radius 3 is 2.33 bits per heavy atom. The molecule has 0 bridgehead atoms. The summed E-state index contributed by atoms with van der Waals surface area (Å²) in [6, 6.07) is 7.73. The normalized spacial score (nSPS) is 10.5. The predicted octanol–water partition coefficient (Wildman–Crippen LogP) is 2.12. The van der Waals surface area contributed by atoms with Crippen molar-refractivity contribution in [3.05, 3.63) is 40.7 Å². The standard InChI is InChI=1S/C11H12ClN5S/c12-8-4-2-1-3-7(8)5-18-6-9-15-10(13)17-11(14)16-9/h1-4H,5-6H2,(H4,13,14,15,16,17). The fourth-order valence-corrected chi connectivity index (χ4v) is 2.56. The number of halogens is 1. The molecule has 0 saturated heterocycles. The number of anilines is 2. The molecule has 2 rings (SSSR count). The van der Waals surface area contributed by atoms with E-state index >= 15 is 0 Å². The monoisotopic (exact) mass is 281 g/mol. The van der Waals surface area contributed by atoms with E-state index < -0.39 is 0 Å². The number of hydrogen-bond acceptors (Lipinski definition) is 6. The van der Waals surface area contributed by atoms with Crippen molar-refractivity contribution in [3.8, 4) is 0 Å². The first-order chi connectivity index (χ1) is 8.65. The number of hydrogen-bond donors (Lipinski definition) is 2. The highest BCUT2D eigenvalue weighted by atomic mass is 35.5. The molecule has 94 valence electrons. The molecule has 2 aromatic rings. The Hall–Kier alpha value is -1.53. The van der Waals surface area contributed by atoms with Crippen molar-refractivity contribution in [3.63, 3.8) is 0 Å². The molecule has 1 aromatic carbocycles. The molecule has 18 heavy (non-hydrogen) atoms. The molecule has 1 aromatic heterocycles. The van der Waals surface area contributed by atoms with E-state index in [-0.39, 0.29) is 11.9 Å². The van der Waals surface area contributed by atoms with Gasteiger partial charge in [-0.1, -0.05) is 29.8 Å². The molecule has 7 heteroatoms. The summed E-state index contributed by atoms with van der Waals surface area (Å²) in [7, 11) is 0. The SMILES string of the molecule is Nc1nc(N)nc(CSCc2ccccc2Cl)n1. The van der Waals surface area contributed by atoms with Gasteiger partial charge in [0.15, 0.2) is 0 Å². The Balaban J connectivity index is 1.94. The highest BCUT2D eigenvalue weighted by Gasteiger charge is 2.04. The van der Waals surface area contributed by atoms with E-state index in [1.807, 2.05) is 24.3 Å². The van der Waals surface area contributed by atoms with Gasteiger partial charge in [0.05, 0.1) is 5.75 Å². The number of rotatable bonds is 4. The maximum atomic E-state index is 6.06. The largest absolute Gasteiger partial charge is 0.368 e. The minimum Gasteiger partial charge on any atom is -0.368 e. The van der Waals surface area contributed by atoms with Crippen LogP contribution >= 0.6 is 23.4 Å². The van der Waals surface area contributed by atoms with Crippen molar-refractivity contribution in [2.45, 2.75) is 11.5 Å². The van der Waals surface area contributed by atoms with Crippen LogP contribution in [0, 0.1) is 0 Å². The zero-order chi connectivity index (χ0) is 13.0. The molecule has 0 radical (unpaired) electrons. The van der Waals surface area contributed by atoms with Gasteiger partial charge in [0.2, 0.25) is 11.9 Å². The molecule has 0 amide bonds. The summed E-state index contributed by atoms with van der Waals surface area (Å²) in [5, 5.41) is 0.764. The van der Waals surface area contributed by atoms with Crippen molar-refractivity contribution in [2.24, 2.45) is 0 Å². The zero-order valence-electron chi connectivity index (χ0n) is 9.51. The van der Waals surface area contributed by atoms with E-state index in [2.05, 4.69) is 15.0 Å². The lowest BCUT2D eigenvalue weighted by Gasteiger charge is -2.04. The van der Waals surface area contributed by atoms with Gasteiger partial charge < -0.3 is 11.5 Å². The summed E-state index contributed by atoms with van der Waals surface area (Å²) < 4.78 is 0. The van der Waals surface area contributed by atoms with Gasteiger partial charge in [0, 0.05) is 10.8 Å². The molecule has 0 spiro atoms. The summed E-state index contributed by atoms with van der Waals surface area (Å²) in [6.07, 6.45) is 0. The Bertz CT molecular complexity index is 528. The van der Waals surface area contributed by atoms with Crippen LogP contribution in [0.4, 0.5) is 11.9 Å². The van der Waals surface area contributed by atoms with Gasteiger partial charge in [-0.3, -0.25) is 0 Å². The van der Waals surface area contributed by atoms with Gasteiger partial charge in [-0.05, 0) is 11.6 Å². The second kappa shape index (κ2) is 5.88. The van der Waals surface area contributed by atoms with Gasteiger partial charge in [-0.2, -0.15) is 15.0 Å². The molecule has 0 unspecified atom stereocenters. The molecular formula is C11H12ClN5S. The van der Waals surface area contributed by atoms with E-state index in [0.717, 1.165) is 16.3 Å². The lowest BCUT2D eigenvalue weighted by Crippen LogP contribution is -2.06. The molecule has 5 nitrogen and oxygen atoms in total. The fourth-order valence-electron chi connectivity index (χ4n) is 1.39. The van der Waals surface area contributed by atoms with Gasteiger partial charge in [0.25, 0.3) is 0 Å². The summed E-state index contributed by atoms with van der Waals surface area (Å²) in [6.45, 7) is 0. The van der Waals surface area contributed by atoms with Crippen LogP contribution in [0.25, 0.3) is 0 Å². The minimum absolute atomic E-state index is 0.149. The van der Waals surface area contributed by atoms with Crippen molar-refractivity contribution in [1.82, 2.24) is 15.0 Å². The summed E-state index contributed by atoms with van der Waals surface area (Å²) in [5.41, 5.74) is 12.1. The van der Waals surface area contributed by atoms with Gasteiger partial charge in [-0.25, -0.2) is 0 Å². The smallest absolute Gasteiger partial charge is 0.225 e. The van der Waals surface area contributed by atoms with Crippen molar-refractivity contribution in [1.29, 1.82) is 0 Å². The second-order valence-electron chi connectivity index (χ2n) is 3.55. The third-order valence-electron chi connectivity index (χ3n) is 2.16. The maximum Gasteiger partial charge on any atom is 0.225 e. The van der Waals surface area contributed by atoms with E-state index in [0.29, 0.717) is 11.6 Å². The van der Waals surface area contributed by atoms with E-state index in [1.54, 1.807) is 11.8 Å². The minimum atomic E-state index is 0.149. The summed E-state index contributed by atoms with van der Waals surface area (Å²) in [4.78, 5) is 11.7. The molecule has 0 saturated carbocycles. The van der Waals surface area contributed by atoms with Gasteiger partial charge >= 0.3 is 0 Å².